The summed E-state index contributed by atoms with van der Waals surface area (Å²) < 4.78 is 3.14. The number of carbonyl (C=O) groups is 2. The van der Waals surface area contributed by atoms with Crippen molar-refractivity contribution in [2.75, 3.05) is 11.9 Å². The molecular formula is C26H32N4O4S. The van der Waals surface area contributed by atoms with Crippen molar-refractivity contribution in [3.05, 3.63) is 62.1 Å². The molecule has 2 heterocycles. The third-order valence-electron chi connectivity index (χ3n) is 6.68. The maximum absolute atomic E-state index is 13.4. The van der Waals surface area contributed by atoms with E-state index in [4.69, 9.17) is 0 Å². The van der Waals surface area contributed by atoms with E-state index in [1.807, 2.05) is 38.1 Å². The monoisotopic (exact) mass is 496 g/mol. The zero-order valence-corrected chi connectivity index (χ0v) is 21.0. The molecule has 0 radical (unpaired) electrons. The van der Waals surface area contributed by atoms with Crippen LogP contribution in [0.5, 0.6) is 0 Å². The average Bonchev–Trinajstić information content (AvgIpc) is 3.35. The Hall–Kier alpha value is -3.20. The Morgan fingerprint density at radius 2 is 1.74 bits per heavy atom. The third kappa shape index (κ3) is 5.73. The van der Waals surface area contributed by atoms with Gasteiger partial charge in [-0.05, 0) is 68.5 Å². The molecule has 4 rings (SSSR count). The van der Waals surface area contributed by atoms with E-state index in [1.165, 1.54) is 20.5 Å². The molecule has 0 saturated heterocycles. The zero-order valence-electron chi connectivity index (χ0n) is 20.2. The number of carbonyl (C=O) groups excluding carboxylic acids is 2. The molecule has 0 atom stereocenters. The number of nitrogens with zero attached hydrogens (tertiary/aromatic N) is 2. The largest absolute Gasteiger partial charge is 0.356 e. The Labute approximate surface area is 208 Å². The molecule has 9 heteroatoms. The number of nitrogens with one attached hydrogen (secondary N) is 2. The Morgan fingerprint density at radius 1 is 1.03 bits per heavy atom. The first-order valence-corrected chi connectivity index (χ1v) is 13.1. The van der Waals surface area contributed by atoms with Gasteiger partial charge in [-0.15, -0.1) is 11.3 Å². The molecule has 0 bridgehead atoms. The molecule has 8 nitrogen and oxygen atoms in total. The van der Waals surface area contributed by atoms with Crippen molar-refractivity contribution in [3.63, 3.8) is 0 Å². The van der Waals surface area contributed by atoms with Gasteiger partial charge in [-0.1, -0.05) is 24.6 Å². The molecule has 2 amide bonds. The minimum absolute atomic E-state index is 0.00331. The lowest BCUT2D eigenvalue weighted by Crippen LogP contribution is -2.43. The second-order valence-corrected chi connectivity index (χ2v) is 10.3. The average molecular weight is 497 g/mol. The minimum atomic E-state index is -0.470. The zero-order chi connectivity index (χ0) is 24.9. The summed E-state index contributed by atoms with van der Waals surface area (Å²) in [5.41, 5.74) is 1.45. The molecule has 0 unspecified atom stereocenters. The molecule has 0 spiro atoms. The van der Waals surface area contributed by atoms with Crippen LogP contribution in [0.15, 0.2) is 45.3 Å². The van der Waals surface area contributed by atoms with Crippen molar-refractivity contribution in [2.45, 2.75) is 59.0 Å². The summed E-state index contributed by atoms with van der Waals surface area (Å²) in [6.07, 6.45) is 3.98. The van der Waals surface area contributed by atoms with E-state index >= 15 is 0 Å². The summed E-state index contributed by atoms with van der Waals surface area (Å²) >= 11 is 1.28. The molecule has 1 aliphatic carbocycles. The van der Waals surface area contributed by atoms with Crippen LogP contribution in [0.25, 0.3) is 10.2 Å². The maximum atomic E-state index is 13.4. The minimum Gasteiger partial charge on any atom is -0.356 e. The highest BCUT2D eigenvalue weighted by atomic mass is 32.1. The Bertz CT molecular complexity index is 1310. The smallest absolute Gasteiger partial charge is 0.332 e. The molecule has 1 fully saturated rings. The fourth-order valence-corrected chi connectivity index (χ4v) is 5.53. The van der Waals surface area contributed by atoms with Crippen molar-refractivity contribution in [3.8, 4) is 0 Å². The topological polar surface area (TPSA) is 102 Å². The van der Waals surface area contributed by atoms with Gasteiger partial charge in [0.05, 0.1) is 5.52 Å². The quantitative estimate of drug-likeness (QED) is 0.498. The number of hydrogen-bond donors (Lipinski definition) is 2. The molecule has 3 aromatic rings. The Balaban J connectivity index is 1.51. The lowest BCUT2D eigenvalue weighted by molar-refractivity contribution is -0.126. The van der Waals surface area contributed by atoms with Crippen LogP contribution in [0.4, 0.5) is 5.69 Å². The Morgan fingerprint density at radius 3 is 2.43 bits per heavy atom. The number of aryl methyl sites for hydroxylation is 1. The van der Waals surface area contributed by atoms with Crippen LogP contribution in [-0.2, 0) is 22.7 Å². The summed E-state index contributed by atoms with van der Waals surface area (Å²) in [4.78, 5) is 51.6. The van der Waals surface area contributed by atoms with E-state index in [1.54, 1.807) is 11.4 Å². The number of anilines is 1. The predicted octanol–water partition coefficient (Wildman–Crippen LogP) is 3.50. The van der Waals surface area contributed by atoms with Crippen LogP contribution in [0.1, 0.15) is 44.6 Å². The molecule has 0 aliphatic heterocycles. The molecule has 186 valence electrons. The van der Waals surface area contributed by atoms with Gasteiger partial charge in [-0.2, -0.15) is 0 Å². The summed E-state index contributed by atoms with van der Waals surface area (Å²) in [6.45, 7) is 4.80. The van der Waals surface area contributed by atoms with E-state index in [2.05, 4.69) is 10.6 Å². The number of thiophene rings is 1. The maximum Gasteiger partial charge on any atom is 0.332 e. The first kappa shape index (κ1) is 24.9. The summed E-state index contributed by atoms with van der Waals surface area (Å²) in [7, 11) is 0. The number of amides is 2. The first-order valence-electron chi connectivity index (χ1n) is 12.2. The number of benzene rings is 1. The van der Waals surface area contributed by atoms with Gasteiger partial charge in [-0.3, -0.25) is 23.5 Å². The fraction of sp³-hybridized carbons (Fsp3) is 0.462. The summed E-state index contributed by atoms with van der Waals surface area (Å²) in [5, 5.41) is 7.56. The highest BCUT2D eigenvalue weighted by molar-refractivity contribution is 7.17. The molecule has 1 saturated carbocycles. The standard InChI is InChI=1S/C26H32N4O4S/c1-3-13-27-24(32)19-8-6-18(7-9-19)15-30-25(33)23-21(12-14-35-23)29(26(30)34)16-22(31)28-20-10-4-17(2)5-11-20/h4-5,10-12,14,18-19H,3,6-9,13,15-16H2,1-2H3,(H,27,32)(H,28,31). The van der Waals surface area contributed by atoms with Crippen molar-refractivity contribution in [1.82, 2.24) is 14.5 Å². The van der Waals surface area contributed by atoms with Gasteiger partial charge in [0.15, 0.2) is 0 Å². The van der Waals surface area contributed by atoms with Gasteiger partial charge < -0.3 is 10.6 Å². The second-order valence-electron chi connectivity index (χ2n) is 9.34. The van der Waals surface area contributed by atoms with Gasteiger partial charge in [0.1, 0.15) is 11.2 Å². The number of hydrogen-bond acceptors (Lipinski definition) is 5. The summed E-state index contributed by atoms with van der Waals surface area (Å²) in [6, 6.07) is 9.15. The molecular weight excluding hydrogens is 464 g/mol. The van der Waals surface area contributed by atoms with Crippen LogP contribution in [0, 0.1) is 18.8 Å². The lowest BCUT2D eigenvalue weighted by Gasteiger charge is -2.28. The predicted molar refractivity (Wildman–Crippen MR) is 139 cm³/mol. The van der Waals surface area contributed by atoms with Crippen molar-refractivity contribution >= 4 is 39.1 Å². The highest BCUT2D eigenvalue weighted by Gasteiger charge is 2.27. The van der Waals surface area contributed by atoms with Crippen LogP contribution in [0.3, 0.4) is 0 Å². The highest BCUT2D eigenvalue weighted by Crippen LogP contribution is 2.29. The van der Waals surface area contributed by atoms with Gasteiger partial charge in [0, 0.05) is 24.7 Å². The van der Waals surface area contributed by atoms with Gasteiger partial charge in [0.25, 0.3) is 5.56 Å². The second kappa shape index (κ2) is 11.0. The van der Waals surface area contributed by atoms with Crippen LogP contribution >= 0.6 is 11.3 Å². The molecule has 1 aromatic carbocycles. The fourth-order valence-electron chi connectivity index (χ4n) is 4.69. The van der Waals surface area contributed by atoms with Crippen LogP contribution in [-0.4, -0.2) is 27.5 Å². The van der Waals surface area contributed by atoms with Gasteiger partial charge in [0.2, 0.25) is 11.8 Å². The van der Waals surface area contributed by atoms with Gasteiger partial charge >= 0.3 is 5.69 Å². The van der Waals surface area contributed by atoms with Crippen molar-refractivity contribution in [1.29, 1.82) is 0 Å². The normalized spacial score (nSPS) is 17.9. The molecule has 1 aliphatic rings. The van der Waals surface area contributed by atoms with Gasteiger partial charge in [-0.25, -0.2) is 4.79 Å². The Kier molecular flexibility index (Phi) is 7.85. The molecule has 2 aromatic heterocycles. The molecule has 2 N–H and O–H groups in total. The van der Waals surface area contributed by atoms with Crippen LogP contribution in [0.2, 0.25) is 0 Å². The third-order valence-corrected chi connectivity index (χ3v) is 7.57. The SMILES string of the molecule is CCCNC(=O)C1CCC(Cn2c(=O)c3sccc3n(CC(=O)Nc3ccc(C)cc3)c2=O)CC1. The summed E-state index contributed by atoms with van der Waals surface area (Å²) in [5.74, 6) is -0.0871. The molecule has 35 heavy (non-hydrogen) atoms. The number of aromatic nitrogens is 2. The van der Waals surface area contributed by atoms with E-state index in [-0.39, 0.29) is 35.8 Å². The first-order chi connectivity index (χ1) is 16.9. The van der Waals surface area contributed by atoms with E-state index < -0.39 is 5.69 Å². The van der Waals surface area contributed by atoms with E-state index in [0.717, 1.165) is 37.7 Å². The van der Waals surface area contributed by atoms with E-state index in [9.17, 15) is 19.2 Å². The van der Waals surface area contributed by atoms with Crippen molar-refractivity contribution in [2.24, 2.45) is 11.8 Å². The van der Waals surface area contributed by atoms with Crippen LogP contribution < -0.4 is 21.9 Å². The number of rotatable bonds is 8. The van der Waals surface area contributed by atoms with Crippen molar-refractivity contribution < 1.29 is 9.59 Å². The number of fused-ring (bicyclic) bond motifs is 1. The van der Waals surface area contributed by atoms with E-state index in [0.29, 0.717) is 29.0 Å². The lowest BCUT2D eigenvalue weighted by atomic mass is 9.81.